The molecule has 112 valence electrons. The number of hydrogen-bond donors (Lipinski definition) is 0. The molecule has 0 aromatic heterocycles. The molecular formula is C15H12Cl4O2. The third-order valence-electron chi connectivity index (χ3n) is 3.02. The van der Waals surface area contributed by atoms with Gasteiger partial charge in [-0.25, -0.2) is 0 Å². The van der Waals surface area contributed by atoms with Gasteiger partial charge in [-0.15, -0.1) is 11.6 Å². The molecule has 6 heteroatoms. The first kappa shape index (κ1) is 16.6. The van der Waals surface area contributed by atoms with Crippen LogP contribution in [-0.4, -0.2) is 14.2 Å². The Hall–Kier alpha value is -0.800. The predicted molar refractivity (Wildman–Crippen MR) is 88.7 cm³/mol. The van der Waals surface area contributed by atoms with Crippen molar-refractivity contribution in [2.75, 3.05) is 14.2 Å². The Morgan fingerprint density at radius 2 is 1.57 bits per heavy atom. The van der Waals surface area contributed by atoms with Crippen LogP contribution in [0.5, 0.6) is 11.5 Å². The van der Waals surface area contributed by atoms with Crippen molar-refractivity contribution in [2.45, 2.75) is 5.38 Å². The monoisotopic (exact) mass is 364 g/mol. The second kappa shape index (κ2) is 6.97. The number of benzene rings is 2. The Morgan fingerprint density at radius 3 is 2.14 bits per heavy atom. The van der Waals surface area contributed by atoms with Gasteiger partial charge in [0, 0.05) is 15.6 Å². The van der Waals surface area contributed by atoms with E-state index in [9.17, 15) is 0 Å². The molecule has 0 saturated heterocycles. The van der Waals surface area contributed by atoms with Crippen LogP contribution < -0.4 is 9.47 Å². The number of ether oxygens (including phenoxy) is 2. The molecule has 1 unspecified atom stereocenters. The second-order valence-electron chi connectivity index (χ2n) is 4.23. The van der Waals surface area contributed by atoms with Gasteiger partial charge in [0.15, 0.2) is 0 Å². The summed E-state index contributed by atoms with van der Waals surface area (Å²) in [5.74, 6) is 0.977. The van der Waals surface area contributed by atoms with Gasteiger partial charge in [0.2, 0.25) is 0 Å². The minimum atomic E-state index is -0.520. The van der Waals surface area contributed by atoms with E-state index in [4.69, 9.17) is 55.9 Å². The highest BCUT2D eigenvalue weighted by Crippen LogP contribution is 2.44. The van der Waals surface area contributed by atoms with Crippen molar-refractivity contribution in [3.63, 3.8) is 0 Å². The molecule has 0 bridgehead atoms. The minimum Gasteiger partial charge on any atom is -0.495 e. The third kappa shape index (κ3) is 3.35. The molecule has 0 amide bonds. The fraction of sp³-hybridized carbons (Fsp3) is 0.200. The van der Waals surface area contributed by atoms with Gasteiger partial charge in [-0.05, 0) is 29.8 Å². The van der Waals surface area contributed by atoms with Crippen LogP contribution in [0.1, 0.15) is 16.5 Å². The van der Waals surface area contributed by atoms with Gasteiger partial charge in [-0.3, -0.25) is 0 Å². The van der Waals surface area contributed by atoms with Gasteiger partial charge in [-0.1, -0.05) is 40.9 Å². The van der Waals surface area contributed by atoms with Gasteiger partial charge >= 0.3 is 0 Å². The van der Waals surface area contributed by atoms with Gasteiger partial charge in [0.25, 0.3) is 0 Å². The fourth-order valence-corrected chi connectivity index (χ4v) is 3.25. The van der Waals surface area contributed by atoms with Crippen LogP contribution in [0.2, 0.25) is 15.1 Å². The number of hydrogen-bond acceptors (Lipinski definition) is 2. The van der Waals surface area contributed by atoms with E-state index in [1.165, 1.54) is 14.2 Å². The lowest BCUT2D eigenvalue weighted by molar-refractivity contribution is 0.392. The number of methoxy groups -OCH3 is 2. The quantitative estimate of drug-likeness (QED) is 0.619. The lowest BCUT2D eigenvalue weighted by atomic mass is 10.0. The molecule has 0 aliphatic rings. The maximum Gasteiger partial charge on any atom is 0.146 e. The van der Waals surface area contributed by atoms with Gasteiger partial charge in [-0.2, -0.15) is 0 Å². The average molecular weight is 366 g/mol. The van der Waals surface area contributed by atoms with Gasteiger partial charge < -0.3 is 9.47 Å². The van der Waals surface area contributed by atoms with Gasteiger partial charge in [0.1, 0.15) is 16.5 Å². The van der Waals surface area contributed by atoms with Crippen molar-refractivity contribution in [1.29, 1.82) is 0 Å². The first-order valence-electron chi connectivity index (χ1n) is 5.99. The van der Waals surface area contributed by atoms with Crippen LogP contribution in [0, 0.1) is 0 Å². The van der Waals surface area contributed by atoms with Crippen molar-refractivity contribution in [3.8, 4) is 11.5 Å². The molecule has 0 heterocycles. The van der Waals surface area contributed by atoms with Crippen LogP contribution in [-0.2, 0) is 0 Å². The highest BCUT2D eigenvalue weighted by molar-refractivity contribution is 6.36. The predicted octanol–water partition coefficient (Wildman–Crippen LogP) is 5.99. The Bertz CT molecular complexity index is 658. The zero-order valence-corrected chi connectivity index (χ0v) is 14.3. The van der Waals surface area contributed by atoms with E-state index in [-0.39, 0.29) is 0 Å². The van der Waals surface area contributed by atoms with Crippen LogP contribution >= 0.6 is 46.4 Å². The van der Waals surface area contributed by atoms with E-state index in [2.05, 4.69) is 0 Å². The van der Waals surface area contributed by atoms with Crippen molar-refractivity contribution in [1.82, 2.24) is 0 Å². The van der Waals surface area contributed by atoms with Crippen LogP contribution in [0.4, 0.5) is 0 Å². The van der Waals surface area contributed by atoms with Crippen molar-refractivity contribution >= 4 is 46.4 Å². The maximum atomic E-state index is 6.53. The molecule has 2 nitrogen and oxygen atoms in total. The van der Waals surface area contributed by atoms with Gasteiger partial charge in [0.05, 0.1) is 19.6 Å². The van der Waals surface area contributed by atoms with E-state index in [0.29, 0.717) is 32.1 Å². The van der Waals surface area contributed by atoms with E-state index in [0.717, 1.165) is 5.56 Å². The Morgan fingerprint density at radius 1 is 0.905 bits per heavy atom. The van der Waals surface area contributed by atoms with E-state index in [1.54, 1.807) is 30.3 Å². The third-order valence-corrected chi connectivity index (χ3v) is 4.42. The molecule has 2 aromatic rings. The molecule has 0 aliphatic heterocycles. The molecule has 0 N–H and O–H groups in total. The fourth-order valence-electron chi connectivity index (χ4n) is 1.99. The molecular weight excluding hydrogens is 354 g/mol. The van der Waals surface area contributed by atoms with E-state index in [1.807, 2.05) is 0 Å². The van der Waals surface area contributed by atoms with Crippen molar-refractivity contribution in [3.05, 3.63) is 56.5 Å². The van der Waals surface area contributed by atoms with Crippen LogP contribution in [0.25, 0.3) is 0 Å². The highest BCUT2D eigenvalue weighted by Gasteiger charge is 2.22. The average Bonchev–Trinajstić information content (AvgIpc) is 2.46. The van der Waals surface area contributed by atoms with Crippen molar-refractivity contribution in [2.24, 2.45) is 0 Å². The standard InChI is InChI=1S/C15H12Cl4O2/c1-20-12-6-5-10(15(21-2)14(12)19)13(18)9-4-3-8(16)7-11(9)17/h3-7,13H,1-2H3. The molecule has 0 fully saturated rings. The molecule has 0 saturated carbocycles. The summed E-state index contributed by atoms with van der Waals surface area (Å²) in [7, 11) is 3.06. The summed E-state index contributed by atoms with van der Waals surface area (Å²) in [5.41, 5.74) is 1.43. The molecule has 0 aliphatic carbocycles. The van der Waals surface area contributed by atoms with E-state index < -0.39 is 5.38 Å². The summed E-state index contributed by atoms with van der Waals surface area (Å²) in [4.78, 5) is 0. The topological polar surface area (TPSA) is 18.5 Å². The summed E-state index contributed by atoms with van der Waals surface area (Å²) in [6.45, 7) is 0. The largest absolute Gasteiger partial charge is 0.495 e. The lowest BCUT2D eigenvalue weighted by Gasteiger charge is -2.18. The second-order valence-corrected chi connectivity index (χ2v) is 5.89. The molecule has 2 rings (SSSR count). The van der Waals surface area contributed by atoms with Crippen LogP contribution in [0.3, 0.4) is 0 Å². The Balaban J connectivity index is 2.52. The highest BCUT2D eigenvalue weighted by atomic mass is 35.5. The summed E-state index contributed by atoms with van der Waals surface area (Å²) in [5, 5.41) is 0.880. The lowest BCUT2D eigenvalue weighted by Crippen LogP contribution is -2.00. The zero-order chi connectivity index (χ0) is 15.6. The SMILES string of the molecule is COc1ccc(C(Cl)c2ccc(Cl)cc2Cl)c(OC)c1Cl. The number of halogens is 4. The Kier molecular flexibility index (Phi) is 5.50. The summed E-state index contributed by atoms with van der Waals surface area (Å²) in [6.07, 6.45) is 0. The van der Waals surface area contributed by atoms with E-state index >= 15 is 0 Å². The first-order valence-corrected chi connectivity index (χ1v) is 7.56. The summed E-state index contributed by atoms with van der Waals surface area (Å²) < 4.78 is 10.5. The number of rotatable bonds is 4. The first-order chi connectivity index (χ1) is 9.99. The summed E-state index contributed by atoms with van der Waals surface area (Å²) >= 11 is 24.9. The molecule has 21 heavy (non-hydrogen) atoms. The molecule has 0 spiro atoms. The maximum absolute atomic E-state index is 6.53. The normalized spacial score (nSPS) is 12.1. The summed E-state index contributed by atoms with van der Waals surface area (Å²) in [6, 6.07) is 8.69. The van der Waals surface area contributed by atoms with Crippen molar-refractivity contribution < 1.29 is 9.47 Å². The molecule has 2 aromatic carbocycles. The molecule has 0 radical (unpaired) electrons. The molecule has 1 atom stereocenters. The number of alkyl halides is 1. The zero-order valence-electron chi connectivity index (χ0n) is 11.3. The smallest absolute Gasteiger partial charge is 0.146 e. The van der Waals surface area contributed by atoms with Crippen LogP contribution in [0.15, 0.2) is 30.3 Å². The Labute approximate surface area is 143 Å². The minimum absolute atomic E-state index is 0.369.